The SMILES string of the molecule is Fc1cc(F)c2c(F)c(F)c(N3CCOCC3)c(F)c2c1F. The molecule has 1 aliphatic rings. The van der Waals surface area contributed by atoms with Crippen LogP contribution in [-0.4, -0.2) is 26.3 Å². The van der Waals surface area contributed by atoms with Gasteiger partial charge in [-0.25, -0.2) is 26.3 Å². The van der Waals surface area contributed by atoms with Gasteiger partial charge in [0, 0.05) is 19.2 Å². The first-order chi connectivity index (χ1) is 10.4. The highest BCUT2D eigenvalue weighted by molar-refractivity contribution is 5.89. The van der Waals surface area contributed by atoms with Crippen molar-refractivity contribution in [3.05, 3.63) is 41.0 Å². The Labute approximate surface area is 120 Å². The van der Waals surface area contributed by atoms with Gasteiger partial charge in [-0.1, -0.05) is 0 Å². The number of hydrogen-bond acceptors (Lipinski definition) is 2. The summed E-state index contributed by atoms with van der Waals surface area (Å²) in [5, 5.41) is -2.48. The summed E-state index contributed by atoms with van der Waals surface area (Å²) < 4.78 is 88.3. The number of ether oxygens (including phenoxy) is 1. The van der Waals surface area contributed by atoms with Crippen molar-refractivity contribution in [3.8, 4) is 0 Å². The van der Waals surface area contributed by atoms with Crippen molar-refractivity contribution in [2.45, 2.75) is 0 Å². The Morgan fingerprint density at radius 3 is 2.00 bits per heavy atom. The molecule has 0 amide bonds. The lowest BCUT2D eigenvalue weighted by atomic mass is 10.0. The summed E-state index contributed by atoms with van der Waals surface area (Å²) in [6.45, 7) is 0.355. The summed E-state index contributed by atoms with van der Waals surface area (Å²) in [5.41, 5.74) is -0.850. The summed E-state index contributed by atoms with van der Waals surface area (Å²) in [6.07, 6.45) is 0. The van der Waals surface area contributed by atoms with Crippen molar-refractivity contribution in [2.24, 2.45) is 0 Å². The van der Waals surface area contributed by atoms with Gasteiger partial charge in [0.2, 0.25) is 0 Å². The van der Waals surface area contributed by atoms with E-state index in [1.54, 1.807) is 0 Å². The normalized spacial score (nSPS) is 15.6. The number of hydrogen-bond donors (Lipinski definition) is 0. The number of benzene rings is 2. The molecule has 0 N–H and O–H groups in total. The topological polar surface area (TPSA) is 12.5 Å². The Kier molecular flexibility index (Phi) is 3.64. The number of anilines is 1. The summed E-state index contributed by atoms with van der Waals surface area (Å²) in [7, 11) is 0. The minimum atomic E-state index is -1.76. The zero-order chi connectivity index (χ0) is 16.0. The fraction of sp³-hybridized carbons (Fsp3) is 0.286. The maximum Gasteiger partial charge on any atom is 0.185 e. The molecule has 0 aliphatic carbocycles. The van der Waals surface area contributed by atoms with Gasteiger partial charge in [-0.05, 0) is 0 Å². The van der Waals surface area contributed by atoms with Gasteiger partial charge in [0.15, 0.2) is 29.1 Å². The standard InChI is InChI=1S/C14H9F6NO/c15-6-5-7(16)10(17)9-8(6)11(18)13(20)14(12(9)19)21-1-3-22-4-2-21/h5H,1-4H2. The second-order valence-corrected chi connectivity index (χ2v) is 4.79. The minimum absolute atomic E-state index is 0.0399. The highest BCUT2D eigenvalue weighted by atomic mass is 19.2. The maximum atomic E-state index is 14.5. The molecule has 2 nitrogen and oxygen atoms in total. The van der Waals surface area contributed by atoms with Gasteiger partial charge in [0.05, 0.1) is 24.0 Å². The van der Waals surface area contributed by atoms with E-state index in [0.29, 0.717) is 0 Å². The van der Waals surface area contributed by atoms with Gasteiger partial charge >= 0.3 is 0 Å². The smallest absolute Gasteiger partial charge is 0.185 e. The maximum absolute atomic E-state index is 14.5. The van der Waals surface area contributed by atoms with Gasteiger partial charge in [-0.15, -0.1) is 0 Å². The molecule has 0 radical (unpaired) electrons. The molecule has 3 rings (SSSR count). The molecule has 8 heteroatoms. The molecule has 0 saturated carbocycles. The summed E-state index contributed by atoms with van der Waals surface area (Å²) in [4.78, 5) is 1.11. The van der Waals surface area contributed by atoms with Crippen LogP contribution in [0.1, 0.15) is 0 Å². The molecule has 0 bridgehead atoms. The molecule has 0 spiro atoms. The monoisotopic (exact) mass is 321 g/mol. The fourth-order valence-electron chi connectivity index (χ4n) is 2.51. The first-order valence-electron chi connectivity index (χ1n) is 6.39. The van der Waals surface area contributed by atoms with Crippen LogP contribution < -0.4 is 4.90 Å². The van der Waals surface area contributed by atoms with Gasteiger partial charge in [-0.2, -0.15) is 0 Å². The molecule has 0 unspecified atom stereocenters. The van der Waals surface area contributed by atoms with Gasteiger partial charge in [-0.3, -0.25) is 0 Å². The number of morpholine rings is 1. The van der Waals surface area contributed by atoms with E-state index in [1.807, 2.05) is 0 Å². The van der Waals surface area contributed by atoms with Crippen LogP contribution in [0.3, 0.4) is 0 Å². The van der Waals surface area contributed by atoms with Gasteiger partial charge < -0.3 is 9.64 Å². The van der Waals surface area contributed by atoms with Crippen molar-refractivity contribution < 1.29 is 31.1 Å². The van der Waals surface area contributed by atoms with Gasteiger partial charge in [0.1, 0.15) is 11.5 Å². The van der Waals surface area contributed by atoms with E-state index < -0.39 is 51.4 Å². The van der Waals surface area contributed by atoms with Crippen molar-refractivity contribution in [2.75, 3.05) is 31.2 Å². The van der Waals surface area contributed by atoms with Crippen molar-refractivity contribution >= 4 is 16.5 Å². The highest BCUT2D eigenvalue weighted by Crippen LogP contribution is 2.37. The van der Waals surface area contributed by atoms with Crippen LogP contribution in [-0.2, 0) is 4.74 Å². The molecule has 22 heavy (non-hydrogen) atoms. The molecule has 1 heterocycles. The number of fused-ring (bicyclic) bond motifs is 1. The third-order valence-electron chi connectivity index (χ3n) is 3.55. The Morgan fingerprint density at radius 1 is 0.727 bits per heavy atom. The zero-order valence-electron chi connectivity index (χ0n) is 11.0. The van der Waals surface area contributed by atoms with Crippen LogP contribution in [0.5, 0.6) is 0 Å². The molecule has 2 aromatic carbocycles. The summed E-state index contributed by atoms with van der Waals surface area (Å²) >= 11 is 0. The number of nitrogens with zero attached hydrogens (tertiary/aromatic N) is 1. The Balaban J connectivity index is 2.37. The lowest BCUT2D eigenvalue weighted by Gasteiger charge is -2.30. The summed E-state index contributed by atoms with van der Waals surface area (Å²) in [6, 6.07) is 0.0496. The van der Waals surface area contributed by atoms with Crippen LogP contribution in [0, 0.1) is 34.9 Å². The second-order valence-electron chi connectivity index (χ2n) is 4.79. The van der Waals surface area contributed by atoms with Gasteiger partial charge in [0.25, 0.3) is 0 Å². The summed E-state index contributed by atoms with van der Waals surface area (Å²) in [5.74, 6) is -9.94. The molecular formula is C14H9F6NO. The van der Waals surface area contributed by atoms with E-state index in [1.165, 1.54) is 0 Å². The molecular weight excluding hydrogens is 312 g/mol. The number of rotatable bonds is 1. The molecule has 1 fully saturated rings. The molecule has 1 aliphatic heterocycles. The van der Waals surface area contributed by atoms with E-state index in [4.69, 9.17) is 4.74 Å². The molecule has 0 atom stereocenters. The molecule has 118 valence electrons. The van der Waals surface area contributed by atoms with Crippen LogP contribution in [0.15, 0.2) is 6.07 Å². The predicted molar refractivity (Wildman–Crippen MR) is 66.7 cm³/mol. The average Bonchev–Trinajstić information content (AvgIpc) is 2.50. The van der Waals surface area contributed by atoms with E-state index in [-0.39, 0.29) is 32.4 Å². The quantitative estimate of drug-likeness (QED) is 0.589. The third-order valence-corrected chi connectivity index (χ3v) is 3.55. The minimum Gasteiger partial charge on any atom is -0.378 e. The average molecular weight is 321 g/mol. The van der Waals surface area contributed by atoms with Crippen LogP contribution >= 0.6 is 0 Å². The highest BCUT2D eigenvalue weighted by Gasteiger charge is 2.30. The molecule has 1 saturated heterocycles. The van der Waals surface area contributed by atoms with E-state index in [2.05, 4.69) is 0 Å². The van der Waals surface area contributed by atoms with Crippen LogP contribution in [0.25, 0.3) is 10.8 Å². The lowest BCUT2D eigenvalue weighted by Crippen LogP contribution is -2.37. The predicted octanol–water partition coefficient (Wildman–Crippen LogP) is 3.51. The van der Waals surface area contributed by atoms with Crippen molar-refractivity contribution in [1.82, 2.24) is 0 Å². The Bertz CT molecular complexity index is 757. The van der Waals surface area contributed by atoms with E-state index in [9.17, 15) is 26.3 Å². The zero-order valence-corrected chi connectivity index (χ0v) is 11.0. The lowest BCUT2D eigenvalue weighted by molar-refractivity contribution is 0.122. The van der Waals surface area contributed by atoms with Crippen molar-refractivity contribution in [1.29, 1.82) is 0 Å². The first-order valence-corrected chi connectivity index (χ1v) is 6.39. The largest absolute Gasteiger partial charge is 0.378 e. The molecule has 2 aromatic rings. The van der Waals surface area contributed by atoms with E-state index in [0.717, 1.165) is 4.90 Å². The Morgan fingerprint density at radius 2 is 1.36 bits per heavy atom. The van der Waals surface area contributed by atoms with Crippen molar-refractivity contribution in [3.63, 3.8) is 0 Å². The number of halogens is 6. The van der Waals surface area contributed by atoms with Crippen LogP contribution in [0.2, 0.25) is 0 Å². The van der Waals surface area contributed by atoms with E-state index >= 15 is 0 Å². The molecule has 0 aromatic heterocycles. The fourth-order valence-corrected chi connectivity index (χ4v) is 2.51. The van der Waals surface area contributed by atoms with Crippen LogP contribution in [0.4, 0.5) is 32.0 Å². The Hall–Kier alpha value is -1.96. The second kappa shape index (κ2) is 5.35. The first kappa shape index (κ1) is 15.0. The third kappa shape index (κ3) is 2.09.